The van der Waals surface area contributed by atoms with Crippen LogP contribution in [0, 0.1) is 0 Å². The highest BCUT2D eigenvalue weighted by Crippen LogP contribution is 2.55. The highest BCUT2D eigenvalue weighted by atomic mass is 32.1. The molecular formula is C56H42N2S. The van der Waals surface area contributed by atoms with Gasteiger partial charge in [0.1, 0.15) is 0 Å². The first kappa shape index (κ1) is 35.5. The Labute approximate surface area is 350 Å². The van der Waals surface area contributed by atoms with Gasteiger partial charge in [0, 0.05) is 22.0 Å². The van der Waals surface area contributed by atoms with Gasteiger partial charge in [0.2, 0.25) is 0 Å². The van der Waals surface area contributed by atoms with Crippen molar-refractivity contribution in [1.82, 2.24) is 9.97 Å². The van der Waals surface area contributed by atoms with Crippen LogP contribution >= 0.6 is 11.3 Å². The topological polar surface area (TPSA) is 25.8 Å². The first-order valence-corrected chi connectivity index (χ1v) is 21.4. The lowest BCUT2D eigenvalue weighted by molar-refractivity contribution is 0.662. The van der Waals surface area contributed by atoms with Crippen molar-refractivity contribution in [3.8, 4) is 88.9 Å². The van der Waals surface area contributed by atoms with Crippen LogP contribution in [0.25, 0.3) is 88.9 Å². The Bertz CT molecular complexity index is 2960. The standard InChI is InChI=1S/C56H42N2S/c1-55(2)47-23-10-8-17-43(47)45-21-12-19-41(52(45)55)38-31-39(42-20-13-22-46-44-18-9-11-24-48(44)56(3,4)53(42)46)33-40(32-38)50-34-49(57-54(58-50)51-25-14-30-59-51)37-28-26-36(27-29-37)35-15-6-5-7-16-35/h5-34H,1-4H3. The van der Waals surface area contributed by atoms with Crippen molar-refractivity contribution < 1.29 is 0 Å². The zero-order valence-electron chi connectivity index (χ0n) is 33.6. The smallest absolute Gasteiger partial charge is 0.170 e. The summed E-state index contributed by atoms with van der Waals surface area (Å²) in [6.07, 6.45) is 0. The lowest BCUT2D eigenvalue weighted by Crippen LogP contribution is -2.16. The minimum atomic E-state index is -0.170. The monoisotopic (exact) mass is 774 g/mol. The first-order chi connectivity index (χ1) is 28.8. The van der Waals surface area contributed by atoms with E-state index in [2.05, 4.69) is 209 Å². The Kier molecular flexibility index (Phi) is 8.08. The predicted molar refractivity (Wildman–Crippen MR) is 248 cm³/mol. The molecule has 282 valence electrons. The molecule has 0 bridgehead atoms. The van der Waals surface area contributed by atoms with E-state index in [4.69, 9.17) is 9.97 Å². The zero-order chi connectivity index (χ0) is 39.9. The number of rotatable bonds is 6. The molecule has 0 radical (unpaired) electrons. The number of thiophene rings is 1. The number of benzene rings is 7. The average Bonchev–Trinajstić information content (AvgIpc) is 3.97. The number of fused-ring (bicyclic) bond motifs is 6. The maximum absolute atomic E-state index is 5.37. The Balaban J connectivity index is 1.15. The molecule has 3 heteroatoms. The molecule has 2 aliphatic rings. The lowest BCUT2D eigenvalue weighted by Gasteiger charge is -2.26. The fourth-order valence-electron chi connectivity index (χ4n) is 9.99. The van der Waals surface area contributed by atoms with Crippen LogP contribution in [0.2, 0.25) is 0 Å². The minimum Gasteiger partial charge on any atom is -0.227 e. The molecule has 0 atom stereocenters. The van der Waals surface area contributed by atoms with E-state index in [0.717, 1.165) is 33.2 Å². The van der Waals surface area contributed by atoms with Crippen molar-refractivity contribution in [2.75, 3.05) is 0 Å². The molecule has 7 aromatic carbocycles. The van der Waals surface area contributed by atoms with Crippen molar-refractivity contribution in [1.29, 1.82) is 0 Å². The molecule has 11 rings (SSSR count). The van der Waals surface area contributed by atoms with Crippen LogP contribution in [0.1, 0.15) is 49.9 Å². The normalized spacial score (nSPS) is 14.0. The van der Waals surface area contributed by atoms with E-state index in [0.29, 0.717) is 0 Å². The Morgan fingerprint density at radius 2 is 0.814 bits per heavy atom. The SMILES string of the molecule is CC1(C)c2ccccc2-c2cccc(-c3cc(-c4cc(-c5ccc(-c6ccccc6)cc5)nc(-c5cccs5)n4)cc(-c4cccc5c4C(C)(C)c4ccccc4-5)c3)c21. The summed E-state index contributed by atoms with van der Waals surface area (Å²) in [7, 11) is 0. The molecule has 9 aromatic rings. The zero-order valence-corrected chi connectivity index (χ0v) is 34.4. The van der Waals surface area contributed by atoms with Gasteiger partial charge in [-0.15, -0.1) is 11.3 Å². The molecule has 2 nitrogen and oxygen atoms in total. The number of nitrogens with zero attached hydrogens (tertiary/aromatic N) is 2. The van der Waals surface area contributed by atoms with Crippen LogP contribution in [-0.2, 0) is 10.8 Å². The Morgan fingerprint density at radius 3 is 1.37 bits per heavy atom. The summed E-state index contributed by atoms with van der Waals surface area (Å²) in [4.78, 5) is 11.6. The van der Waals surface area contributed by atoms with Crippen LogP contribution in [0.5, 0.6) is 0 Å². The van der Waals surface area contributed by atoms with E-state index in [1.165, 1.54) is 77.9 Å². The molecule has 0 spiro atoms. The Morgan fingerprint density at radius 1 is 0.356 bits per heavy atom. The van der Waals surface area contributed by atoms with Crippen molar-refractivity contribution >= 4 is 11.3 Å². The molecule has 59 heavy (non-hydrogen) atoms. The van der Waals surface area contributed by atoms with Crippen molar-refractivity contribution in [2.24, 2.45) is 0 Å². The van der Waals surface area contributed by atoms with Gasteiger partial charge in [0.25, 0.3) is 0 Å². The minimum absolute atomic E-state index is 0.170. The molecule has 2 aromatic heterocycles. The third-order valence-corrected chi connectivity index (χ3v) is 13.6. The van der Waals surface area contributed by atoms with E-state index >= 15 is 0 Å². The fourth-order valence-corrected chi connectivity index (χ4v) is 10.6. The fraction of sp³-hybridized carbons (Fsp3) is 0.107. The van der Waals surface area contributed by atoms with Crippen LogP contribution in [0.4, 0.5) is 0 Å². The molecular weight excluding hydrogens is 733 g/mol. The molecule has 0 amide bonds. The van der Waals surface area contributed by atoms with Gasteiger partial charge in [-0.05, 0) is 114 Å². The number of hydrogen-bond acceptors (Lipinski definition) is 3. The van der Waals surface area contributed by atoms with E-state index in [9.17, 15) is 0 Å². The van der Waals surface area contributed by atoms with Crippen molar-refractivity contribution in [3.05, 3.63) is 204 Å². The number of hydrogen-bond donors (Lipinski definition) is 0. The van der Waals surface area contributed by atoms with Gasteiger partial charge in [0.05, 0.1) is 16.3 Å². The van der Waals surface area contributed by atoms with Gasteiger partial charge in [-0.2, -0.15) is 0 Å². The summed E-state index contributed by atoms with van der Waals surface area (Å²) in [5, 5.41) is 2.10. The summed E-state index contributed by atoms with van der Waals surface area (Å²) >= 11 is 1.67. The molecule has 0 unspecified atom stereocenters. The first-order valence-electron chi connectivity index (χ1n) is 20.5. The largest absolute Gasteiger partial charge is 0.227 e. The summed E-state index contributed by atoms with van der Waals surface area (Å²) in [5.74, 6) is 0.737. The van der Waals surface area contributed by atoms with E-state index < -0.39 is 0 Å². The van der Waals surface area contributed by atoms with Crippen molar-refractivity contribution in [2.45, 2.75) is 38.5 Å². The molecule has 0 aliphatic heterocycles. The molecule has 2 aliphatic carbocycles. The number of aromatic nitrogens is 2. The molecule has 2 heterocycles. The summed E-state index contributed by atoms with van der Waals surface area (Å²) in [5.41, 5.74) is 21.6. The molecule has 0 fully saturated rings. The molecule has 0 saturated heterocycles. The average molecular weight is 775 g/mol. The molecule has 0 saturated carbocycles. The van der Waals surface area contributed by atoms with Crippen LogP contribution in [0.3, 0.4) is 0 Å². The van der Waals surface area contributed by atoms with Gasteiger partial charge in [-0.1, -0.05) is 173 Å². The van der Waals surface area contributed by atoms with Gasteiger partial charge < -0.3 is 0 Å². The van der Waals surface area contributed by atoms with Crippen LogP contribution in [-0.4, -0.2) is 9.97 Å². The van der Waals surface area contributed by atoms with Crippen LogP contribution < -0.4 is 0 Å². The Hall–Kier alpha value is -6.68. The highest BCUT2D eigenvalue weighted by Gasteiger charge is 2.39. The maximum atomic E-state index is 5.37. The van der Waals surface area contributed by atoms with Gasteiger partial charge in [0.15, 0.2) is 5.82 Å². The summed E-state index contributed by atoms with van der Waals surface area (Å²) < 4.78 is 0. The van der Waals surface area contributed by atoms with Crippen LogP contribution in [0.15, 0.2) is 181 Å². The summed E-state index contributed by atoms with van der Waals surface area (Å²) in [6, 6.07) is 64.4. The third-order valence-electron chi connectivity index (χ3n) is 12.8. The van der Waals surface area contributed by atoms with Gasteiger partial charge in [-0.25, -0.2) is 9.97 Å². The second-order valence-corrected chi connectivity index (χ2v) is 17.9. The quantitative estimate of drug-likeness (QED) is 0.168. The van der Waals surface area contributed by atoms with Crippen molar-refractivity contribution in [3.63, 3.8) is 0 Å². The highest BCUT2D eigenvalue weighted by molar-refractivity contribution is 7.13. The lowest BCUT2D eigenvalue weighted by atomic mass is 9.77. The second-order valence-electron chi connectivity index (χ2n) is 17.0. The van der Waals surface area contributed by atoms with E-state index in [-0.39, 0.29) is 10.8 Å². The molecule has 0 N–H and O–H groups in total. The van der Waals surface area contributed by atoms with Gasteiger partial charge >= 0.3 is 0 Å². The second kappa shape index (κ2) is 13.4. The van der Waals surface area contributed by atoms with E-state index in [1.54, 1.807) is 11.3 Å². The van der Waals surface area contributed by atoms with E-state index in [1.807, 2.05) is 0 Å². The predicted octanol–water partition coefficient (Wildman–Crippen LogP) is 15.2. The third kappa shape index (κ3) is 5.67. The van der Waals surface area contributed by atoms with Gasteiger partial charge in [-0.3, -0.25) is 0 Å². The summed E-state index contributed by atoms with van der Waals surface area (Å²) in [6.45, 7) is 9.51. The maximum Gasteiger partial charge on any atom is 0.170 e.